The van der Waals surface area contributed by atoms with Gasteiger partial charge in [0, 0.05) is 139 Å². The number of fused-ring (bicyclic) bond motifs is 1. The average Bonchev–Trinajstić information content (AvgIpc) is 1.63. The van der Waals surface area contributed by atoms with E-state index < -0.39 is 49.3 Å². The number of hydrogen-bond donors (Lipinski definition) is 9. The number of phosphoric acid groups is 1. The Labute approximate surface area is 608 Å². The second-order valence-corrected chi connectivity index (χ2v) is 30.4. The Hall–Kier alpha value is -4.95. The number of aliphatic hydroxyl groups excluding tert-OH is 4. The maximum atomic E-state index is 14.0. The molecule has 588 valence electrons. The molecular weight excluding hydrogens is 1380 g/mol. The number of nitrogens with two attached hydrogens (primary N) is 1. The van der Waals surface area contributed by atoms with Gasteiger partial charge in [-0.15, -0.1) is 0 Å². The van der Waals surface area contributed by atoms with Gasteiger partial charge in [0.1, 0.15) is 64.3 Å². The van der Waals surface area contributed by atoms with Crippen LogP contribution in [0.1, 0.15) is 232 Å². The minimum Gasteiger partial charge on any atom is -0.396 e. The highest BCUT2D eigenvalue weighted by Crippen LogP contribution is 2.49. The fourth-order valence-electron chi connectivity index (χ4n) is 11.7. The lowest BCUT2D eigenvalue weighted by Crippen LogP contribution is -2.58. The summed E-state index contributed by atoms with van der Waals surface area (Å²) in [6.07, 6.45) is 14.3. The van der Waals surface area contributed by atoms with Gasteiger partial charge in [0.25, 0.3) is 0 Å². The molecule has 10 N–H and O–H groups in total. The molecule has 2 aromatic heterocycles. The summed E-state index contributed by atoms with van der Waals surface area (Å²) in [7, 11) is -3.35. The Morgan fingerprint density at radius 2 is 1.09 bits per heavy atom. The first-order valence-corrected chi connectivity index (χ1v) is 39.5. The van der Waals surface area contributed by atoms with E-state index in [1.54, 1.807) is 11.7 Å². The van der Waals surface area contributed by atoms with E-state index in [9.17, 15) is 52.9 Å². The maximum absolute atomic E-state index is 14.0. The van der Waals surface area contributed by atoms with Crippen LogP contribution in [0.15, 0.2) is 12.7 Å². The van der Waals surface area contributed by atoms with Crippen molar-refractivity contribution in [3.8, 4) is 0 Å². The Morgan fingerprint density at radius 3 is 1.65 bits per heavy atom. The number of nitrogen functional groups attached to an aromatic ring is 1. The van der Waals surface area contributed by atoms with E-state index in [-0.39, 0.29) is 192 Å². The zero-order valence-electron chi connectivity index (χ0n) is 61.2. The average molecular weight is 1500 g/mol. The molecule has 31 nitrogen and oxygen atoms in total. The number of Topliss-reactive ketones (excluding diaryl/α,β-unsaturated/α-hetero) is 4. The van der Waals surface area contributed by atoms with Crippen LogP contribution in [0.2, 0.25) is 0 Å². The molecule has 33 heteroatoms. The molecule has 103 heavy (non-hydrogen) atoms. The molecule has 2 aromatic rings. The van der Waals surface area contributed by atoms with Crippen LogP contribution in [0.3, 0.4) is 0 Å². The predicted octanol–water partition coefficient (Wildman–Crippen LogP) is 6.64. The molecule has 0 aliphatic carbocycles. The molecule has 0 aromatic carbocycles. The molecule has 0 bridgehead atoms. The summed E-state index contributed by atoms with van der Waals surface area (Å²) in [4.78, 5) is 128. The van der Waals surface area contributed by atoms with Gasteiger partial charge in [0.05, 0.1) is 71.3 Å². The molecule has 2 fully saturated rings. The molecule has 8 atom stereocenters. The number of phosphoric ester groups is 1. The van der Waals surface area contributed by atoms with Gasteiger partial charge < -0.3 is 80.1 Å². The highest BCUT2D eigenvalue weighted by Gasteiger charge is 2.44. The van der Waals surface area contributed by atoms with Crippen molar-refractivity contribution in [3.63, 3.8) is 0 Å². The van der Waals surface area contributed by atoms with Crippen LogP contribution in [0.4, 0.5) is 5.82 Å². The van der Waals surface area contributed by atoms with Crippen molar-refractivity contribution in [2.24, 2.45) is 0 Å². The number of rotatable bonds is 64. The number of likely N-dealkylation sites (tertiary alicyclic amines) is 1. The highest BCUT2D eigenvalue weighted by atomic mass is 31.2. The Bertz CT molecular complexity index is 2730. The Kier molecular flexibility index (Phi) is 45.8. The Balaban J connectivity index is 1.31. The van der Waals surface area contributed by atoms with Gasteiger partial charge in [-0.05, 0) is 110 Å². The van der Waals surface area contributed by atoms with Crippen LogP contribution in [0, 0.1) is 0 Å². The maximum Gasteiger partial charge on any atom is 0.472 e. The van der Waals surface area contributed by atoms with E-state index in [4.69, 9.17) is 58.3 Å². The zero-order chi connectivity index (χ0) is 75.1. The summed E-state index contributed by atoms with van der Waals surface area (Å²) in [6.45, 7) is 3.80. The highest BCUT2D eigenvalue weighted by molar-refractivity contribution is 7.47. The summed E-state index contributed by atoms with van der Waals surface area (Å²) >= 11 is 0. The predicted molar refractivity (Wildman–Crippen MR) is 384 cm³/mol. The van der Waals surface area contributed by atoms with Crippen molar-refractivity contribution in [3.05, 3.63) is 12.7 Å². The minimum atomic E-state index is -4.80. The number of ketones is 4. The SMILES string of the molecule is COC(C)(C)POC[C@H]1O[C@@H](n2cnc3c(N)ncnc32)C[C@@H]1OP(=O)(O)OC[C@@H]1C[C@@H](O)CN1C(=O)CCCCCCCCC(=O)NC(COCCC(=O)CCCCCC(=O)CCCCO)(COCCC(=O)CCCCNC(=O)CCCCO)COCCC(=O)NCCCCC(=O)CCCCO. The number of unbranched alkanes of at least 4 members (excludes halogenated alkanes) is 12. The number of imidazole rings is 1. The molecule has 4 heterocycles. The number of aliphatic hydroxyl groups is 4. The number of anilines is 1. The van der Waals surface area contributed by atoms with Gasteiger partial charge in [-0.25, -0.2) is 19.5 Å². The van der Waals surface area contributed by atoms with Gasteiger partial charge in [0.15, 0.2) is 11.5 Å². The third-order valence-corrected chi connectivity index (χ3v) is 19.9. The summed E-state index contributed by atoms with van der Waals surface area (Å²) in [5, 5.41) is 45.9. The largest absolute Gasteiger partial charge is 0.472 e. The lowest BCUT2D eigenvalue weighted by atomic mass is 10.0. The van der Waals surface area contributed by atoms with Crippen molar-refractivity contribution in [1.29, 1.82) is 0 Å². The number of carbonyl (C=O) groups is 8. The summed E-state index contributed by atoms with van der Waals surface area (Å²) < 4.78 is 62.8. The van der Waals surface area contributed by atoms with E-state index >= 15 is 0 Å². The summed E-state index contributed by atoms with van der Waals surface area (Å²) in [5.41, 5.74) is 5.45. The lowest BCUT2D eigenvalue weighted by Gasteiger charge is -2.34. The number of aromatic nitrogens is 4. The monoisotopic (exact) mass is 1500 g/mol. The molecule has 2 aliphatic rings. The Morgan fingerprint density at radius 1 is 0.612 bits per heavy atom. The number of amides is 4. The zero-order valence-corrected chi connectivity index (χ0v) is 63.1. The molecule has 3 unspecified atom stereocenters. The first-order valence-electron chi connectivity index (χ1n) is 37.1. The quantitative estimate of drug-likeness (QED) is 0.0247. The first-order chi connectivity index (χ1) is 49.5. The van der Waals surface area contributed by atoms with E-state index in [0.717, 1.165) is 12.8 Å². The van der Waals surface area contributed by atoms with E-state index in [0.29, 0.717) is 172 Å². The van der Waals surface area contributed by atoms with Gasteiger partial charge in [-0.2, -0.15) is 0 Å². The van der Waals surface area contributed by atoms with Crippen molar-refractivity contribution in [2.45, 2.75) is 267 Å². The third kappa shape index (κ3) is 38.9. The fraction of sp³-hybridized carbons (Fsp3) is 0.814. The van der Waals surface area contributed by atoms with E-state index in [1.807, 2.05) is 13.8 Å². The molecule has 0 spiro atoms. The van der Waals surface area contributed by atoms with Crippen LogP contribution < -0.4 is 21.7 Å². The molecule has 4 amide bonds. The van der Waals surface area contributed by atoms with E-state index in [2.05, 4.69) is 30.9 Å². The van der Waals surface area contributed by atoms with Gasteiger partial charge in [0.2, 0.25) is 23.6 Å². The molecular formula is C70H121N9O22P2. The number of nitrogens with one attached hydrogen (secondary N) is 3. The van der Waals surface area contributed by atoms with Crippen LogP contribution in [-0.4, -0.2) is 231 Å². The van der Waals surface area contributed by atoms with Crippen molar-refractivity contribution >= 4 is 80.4 Å². The number of β-amino-alcohol motifs (C(OH)–C–C–N with tert-alkyl or cyclic N) is 1. The van der Waals surface area contributed by atoms with Gasteiger partial charge in [-0.1, -0.05) is 32.1 Å². The first kappa shape index (κ1) is 90.4. The normalized spacial score (nSPS) is 18.2. The molecule has 2 saturated heterocycles. The lowest BCUT2D eigenvalue weighted by molar-refractivity contribution is -0.133. The second-order valence-electron chi connectivity index (χ2n) is 27.3. The van der Waals surface area contributed by atoms with Gasteiger partial charge >= 0.3 is 7.82 Å². The molecule has 2 aliphatic heterocycles. The summed E-state index contributed by atoms with van der Waals surface area (Å²) in [5.74, 6) is -0.608. The number of ether oxygens (including phenoxy) is 5. The van der Waals surface area contributed by atoms with Crippen molar-refractivity contribution in [2.75, 3.05) is 105 Å². The van der Waals surface area contributed by atoms with Gasteiger partial charge in [-0.3, -0.25) is 52.0 Å². The smallest absolute Gasteiger partial charge is 0.396 e. The molecule has 0 radical (unpaired) electrons. The minimum absolute atomic E-state index is 0.0102. The van der Waals surface area contributed by atoms with Crippen LogP contribution in [0.25, 0.3) is 11.2 Å². The second kappa shape index (κ2) is 52.1. The molecule has 0 saturated carbocycles. The molecule has 4 rings (SSSR count). The number of hydrogen-bond acceptors (Lipinski definition) is 25. The summed E-state index contributed by atoms with van der Waals surface area (Å²) in [6, 6.07) is -0.707. The van der Waals surface area contributed by atoms with E-state index in [1.165, 1.54) is 17.6 Å². The van der Waals surface area contributed by atoms with Crippen LogP contribution in [0.5, 0.6) is 0 Å². The van der Waals surface area contributed by atoms with Crippen molar-refractivity contribution in [1.82, 2.24) is 40.4 Å². The van der Waals surface area contributed by atoms with Crippen molar-refractivity contribution < 1.29 is 105 Å². The third-order valence-electron chi connectivity index (χ3n) is 17.8. The number of methoxy groups -OCH3 is 1. The topological polar surface area (TPSA) is 438 Å². The van der Waals surface area contributed by atoms with Crippen LogP contribution in [-0.2, 0) is 80.2 Å². The fourth-order valence-corrected chi connectivity index (χ4v) is 13.4. The standard InChI is InChI=1S/C70H121N9O22P2/c1-69(2,94-3)102-98-47-60-59(44-65(100-60)79-52-76-66-67(71)74-51-75-68(66)79)101-103(92,93)99-46-53-43-58(87)45-78(53)64(91)31-12-7-5-4-6-11-30-63(90)77-70(48-95-40-32-56(85)24-10-8-9-23-54(83)27-15-20-37-80,49-96-41-33-57(86)26-14-19-35-72-61(88)29-17-22-39-82)50-97-42-34-62(89)73-36-18-13-25-55(84)28-16-21-38-81/h51-53,58-60,65,80-82,87,102H,4-50H2,1-3H3,(H,72,88)(H,73,89)(H,77,90)(H,92,93)(H2,71,74,75)/t53-,58+,59-,60+,65+,70?/m0/s1. The van der Waals surface area contributed by atoms with Crippen LogP contribution >= 0.6 is 16.6 Å². The number of carbonyl (C=O) groups excluding carboxylic acids is 8. The number of nitrogens with zero attached hydrogens (tertiary/aromatic N) is 5.